The maximum atomic E-state index is 12.6. The molecule has 0 saturated carbocycles. The third-order valence-electron chi connectivity index (χ3n) is 4.45. The predicted octanol–water partition coefficient (Wildman–Crippen LogP) is 2.03. The number of rotatable bonds is 2. The van der Waals surface area contributed by atoms with Crippen LogP contribution in [0, 0.1) is 0 Å². The maximum absolute atomic E-state index is 12.6. The number of hydrogen-bond acceptors (Lipinski definition) is 2. The van der Waals surface area contributed by atoms with Crippen LogP contribution in [-0.2, 0) is 31.2 Å². The molecule has 1 amide bonds. The van der Waals surface area contributed by atoms with E-state index >= 15 is 0 Å². The number of hydrogen-bond donors (Lipinski definition) is 1. The van der Waals surface area contributed by atoms with E-state index in [0.29, 0.717) is 13.0 Å². The monoisotopic (exact) mass is 294 g/mol. The summed E-state index contributed by atoms with van der Waals surface area (Å²) in [4.78, 5) is 22.0. The Morgan fingerprint density at radius 2 is 2.23 bits per heavy atom. The Morgan fingerprint density at radius 3 is 3.14 bits per heavy atom. The van der Waals surface area contributed by atoms with Crippen LogP contribution in [0.25, 0.3) is 10.9 Å². The zero-order chi connectivity index (χ0) is 15.1. The molecule has 2 aromatic heterocycles. The van der Waals surface area contributed by atoms with E-state index in [1.807, 2.05) is 24.1 Å². The number of imidazole rings is 1. The van der Waals surface area contributed by atoms with Gasteiger partial charge in [-0.1, -0.05) is 18.2 Å². The molecule has 0 unspecified atom stereocenters. The van der Waals surface area contributed by atoms with Gasteiger partial charge in [0, 0.05) is 37.1 Å². The molecule has 0 saturated heterocycles. The first-order chi connectivity index (χ1) is 10.7. The molecule has 0 radical (unpaired) electrons. The molecule has 1 aromatic carbocycles. The zero-order valence-electron chi connectivity index (χ0n) is 12.5. The van der Waals surface area contributed by atoms with E-state index in [2.05, 4.69) is 32.9 Å². The van der Waals surface area contributed by atoms with Gasteiger partial charge in [-0.2, -0.15) is 0 Å². The molecular formula is C17H18N4O. The van der Waals surface area contributed by atoms with Crippen molar-refractivity contribution in [3.05, 3.63) is 53.7 Å². The minimum atomic E-state index is 0.177. The van der Waals surface area contributed by atoms with Crippen LogP contribution in [-0.4, -0.2) is 31.9 Å². The number of H-pyrrole nitrogens is 1. The minimum Gasteiger partial charge on any atom is -0.350 e. The second-order valence-corrected chi connectivity index (χ2v) is 5.85. The first kappa shape index (κ1) is 13.1. The molecule has 22 heavy (non-hydrogen) atoms. The molecule has 0 spiro atoms. The van der Waals surface area contributed by atoms with Gasteiger partial charge in [0.1, 0.15) is 0 Å². The SMILES string of the molecule is Cn1cc(CC(=O)N2CCc3nc[nH]c3C2)c2ccccc21. The van der Waals surface area contributed by atoms with Crippen LogP contribution < -0.4 is 0 Å². The zero-order valence-corrected chi connectivity index (χ0v) is 12.5. The lowest BCUT2D eigenvalue weighted by Crippen LogP contribution is -2.37. The predicted molar refractivity (Wildman–Crippen MR) is 84.3 cm³/mol. The van der Waals surface area contributed by atoms with E-state index in [1.54, 1.807) is 6.33 Å². The summed E-state index contributed by atoms with van der Waals surface area (Å²) in [6, 6.07) is 8.22. The molecular weight excluding hydrogens is 276 g/mol. The largest absolute Gasteiger partial charge is 0.350 e. The summed E-state index contributed by atoms with van der Waals surface area (Å²) in [5.74, 6) is 0.177. The summed E-state index contributed by atoms with van der Waals surface area (Å²) in [5, 5.41) is 1.16. The van der Waals surface area contributed by atoms with Gasteiger partial charge >= 0.3 is 0 Å². The van der Waals surface area contributed by atoms with Gasteiger partial charge in [0.25, 0.3) is 0 Å². The highest BCUT2D eigenvalue weighted by molar-refractivity contribution is 5.89. The Kier molecular flexibility index (Phi) is 2.99. The third-order valence-corrected chi connectivity index (χ3v) is 4.45. The highest BCUT2D eigenvalue weighted by Gasteiger charge is 2.23. The van der Waals surface area contributed by atoms with Crippen molar-refractivity contribution in [1.82, 2.24) is 19.4 Å². The van der Waals surface area contributed by atoms with Crippen LogP contribution in [0.4, 0.5) is 0 Å². The van der Waals surface area contributed by atoms with Crippen molar-refractivity contribution < 1.29 is 4.79 Å². The molecule has 3 aromatic rings. The normalized spacial score (nSPS) is 14.3. The second kappa shape index (κ2) is 5.02. The summed E-state index contributed by atoms with van der Waals surface area (Å²) in [7, 11) is 2.02. The number of nitrogens with zero attached hydrogens (tertiary/aromatic N) is 3. The summed E-state index contributed by atoms with van der Waals surface area (Å²) in [6.45, 7) is 1.39. The van der Waals surface area contributed by atoms with Gasteiger partial charge in [0.15, 0.2) is 0 Å². The average Bonchev–Trinajstić information content (AvgIpc) is 3.12. The Morgan fingerprint density at radius 1 is 1.36 bits per heavy atom. The van der Waals surface area contributed by atoms with Gasteiger partial charge in [-0.05, 0) is 11.6 Å². The maximum Gasteiger partial charge on any atom is 0.227 e. The first-order valence-corrected chi connectivity index (χ1v) is 7.54. The summed E-state index contributed by atoms with van der Waals surface area (Å²) in [6.07, 6.45) is 5.06. The number of fused-ring (bicyclic) bond motifs is 2. The Labute approximate surface area is 128 Å². The van der Waals surface area contributed by atoms with Gasteiger partial charge in [-0.15, -0.1) is 0 Å². The van der Waals surface area contributed by atoms with E-state index in [4.69, 9.17) is 0 Å². The number of benzene rings is 1. The molecule has 5 heteroatoms. The van der Waals surface area contributed by atoms with E-state index in [-0.39, 0.29) is 5.91 Å². The smallest absolute Gasteiger partial charge is 0.227 e. The highest BCUT2D eigenvalue weighted by Crippen LogP contribution is 2.22. The van der Waals surface area contributed by atoms with Crippen LogP contribution in [0.3, 0.4) is 0 Å². The Bertz CT molecular complexity index is 845. The molecule has 0 bridgehead atoms. The van der Waals surface area contributed by atoms with E-state index in [1.165, 1.54) is 5.52 Å². The first-order valence-electron chi connectivity index (χ1n) is 7.54. The second-order valence-electron chi connectivity index (χ2n) is 5.85. The van der Waals surface area contributed by atoms with E-state index < -0.39 is 0 Å². The Balaban J connectivity index is 1.57. The fraction of sp³-hybridized carbons (Fsp3) is 0.294. The number of aromatic nitrogens is 3. The molecule has 5 nitrogen and oxygen atoms in total. The molecule has 0 fully saturated rings. The molecule has 0 atom stereocenters. The van der Waals surface area contributed by atoms with Crippen LogP contribution in [0.5, 0.6) is 0 Å². The van der Waals surface area contributed by atoms with E-state index in [0.717, 1.165) is 35.3 Å². The standard InChI is InChI=1S/C17H18N4O/c1-20-9-12(13-4-2-3-5-16(13)20)8-17(22)21-7-6-14-15(10-21)19-11-18-14/h2-5,9,11H,6-8,10H2,1H3,(H,18,19). The molecule has 112 valence electrons. The summed E-state index contributed by atoms with van der Waals surface area (Å²) >= 11 is 0. The van der Waals surface area contributed by atoms with E-state index in [9.17, 15) is 4.79 Å². The third kappa shape index (κ3) is 2.09. The van der Waals surface area contributed by atoms with Crippen molar-refractivity contribution in [2.45, 2.75) is 19.4 Å². The van der Waals surface area contributed by atoms with Gasteiger partial charge < -0.3 is 14.5 Å². The molecule has 1 aliphatic heterocycles. The number of para-hydroxylation sites is 1. The summed E-state index contributed by atoms with van der Waals surface area (Å²) < 4.78 is 2.08. The van der Waals surface area contributed by atoms with Gasteiger partial charge in [-0.25, -0.2) is 4.98 Å². The molecule has 3 heterocycles. The Hall–Kier alpha value is -2.56. The number of carbonyl (C=O) groups is 1. The van der Waals surface area contributed by atoms with Gasteiger partial charge in [-0.3, -0.25) is 4.79 Å². The van der Waals surface area contributed by atoms with Crippen molar-refractivity contribution in [3.8, 4) is 0 Å². The van der Waals surface area contributed by atoms with Crippen LogP contribution in [0.15, 0.2) is 36.8 Å². The van der Waals surface area contributed by atoms with Gasteiger partial charge in [0.2, 0.25) is 5.91 Å². The van der Waals surface area contributed by atoms with Crippen molar-refractivity contribution in [2.75, 3.05) is 6.54 Å². The van der Waals surface area contributed by atoms with Crippen LogP contribution in [0.1, 0.15) is 17.0 Å². The quantitative estimate of drug-likeness (QED) is 0.786. The minimum absolute atomic E-state index is 0.177. The van der Waals surface area contributed by atoms with Gasteiger partial charge in [0.05, 0.1) is 30.7 Å². The van der Waals surface area contributed by atoms with Crippen LogP contribution in [0.2, 0.25) is 0 Å². The number of amides is 1. The number of aryl methyl sites for hydroxylation is 1. The summed E-state index contributed by atoms with van der Waals surface area (Å²) in [5.41, 5.74) is 4.42. The topological polar surface area (TPSA) is 53.9 Å². The number of nitrogens with one attached hydrogen (secondary N) is 1. The fourth-order valence-electron chi connectivity index (χ4n) is 3.27. The van der Waals surface area contributed by atoms with Crippen molar-refractivity contribution in [1.29, 1.82) is 0 Å². The molecule has 1 aliphatic rings. The van der Waals surface area contributed by atoms with Crippen molar-refractivity contribution >= 4 is 16.8 Å². The molecule has 1 N–H and O–H groups in total. The lowest BCUT2D eigenvalue weighted by molar-refractivity contribution is -0.131. The molecule has 4 rings (SSSR count). The number of carbonyl (C=O) groups excluding carboxylic acids is 1. The van der Waals surface area contributed by atoms with Crippen molar-refractivity contribution in [3.63, 3.8) is 0 Å². The fourth-order valence-corrected chi connectivity index (χ4v) is 3.27. The molecule has 0 aliphatic carbocycles. The lowest BCUT2D eigenvalue weighted by atomic mass is 10.1. The average molecular weight is 294 g/mol. The number of aromatic amines is 1. The lowest BCUT2D eigenvalue weighted by Gasteiger charge is -2.26. The van der Waals surface area contributed by atoms with Crippen molar-refractivity contribution in [2.24, 2.45) is 7.05 Å². The highest BCUT2D eigenvalue weighted by atomic mass is 16.2. The van der Waals surface area contributed by atoms with Crippen LogP contribution >= 0.6 is 0 Å².